The number of furan rings is 1. The largest absolute Gasteiger partial charge is 0.493 e. The first-order valence-corrected chi connectivity index (χ1v) is 6.62. The molecule has 0 amide bonds. The van der Waals surface area contributed by atoms with E-state index in [1.165, 1.54) is 0 Å². The van der Waals surface area contributed by atoms with E-state index in [0.717, 1.165) is 23.3 Å². The molecule has 0 radical (unpaired) electrons. The number of fused-ring (bicyclic) bond motifs is 1. The van der Waals surface area contributed by atoms with Gasteiger partial charge in [0.1, 0.15) is 11.3 Å². The molecule has 0 aliphatic heterocycles. The van der Waals surface area contributed by atoms with Crippen LogP contribution in [0, 0.1) is 0 Å². The Hall–Kier alpha value is -1.88. The molecule has 1 N–H and O–H groups in total. The Kier molecular flexibility index (Phi) is 4.39. The van der Waals surface area contributed by atoms with Gasteiger partial charge in [-0.05, 0) is 19.5 Å². The van der Waals surface area contributed by atoms with Crippen LogP contribution < -0.4 is 19.5 Å². The van der Waals surface area contributed by atoms with Crippen molar-refractivity contribution in [1.82, 2.24) is 5.32 Å². The maximum absolute atomic E-state index is 5.89. The minimum absolute atomic E-state index is 0.133. The number of benzene rings is 1. The van der Waals surface area contributed by atoms with Crippen molar-refractivity contribution in [2.75, 3.05) is 27.9 Å². The van der Waals surface area contributed by atoms with Gasteiger partial charge in [0.05, 0.1) is 32.8 Å². The smallest absolute Gasteiger partial charge is 0.204 e. The summed E-state index contributed by atoms with van der Waals surface area (Å²) in [4.78, 5) is 0. The Bertz CT molecular complexity index is 591. The van der Waals surface area contributed by atoms with E-state index >= 15 is 0 Å². The number of methoxy groups -OCH3 is 3. The topological polar surface area (TPSA) is 52.9 Å². The number of rotatable bonds is 6. The molecule has 0 aliphatic rings. The molecule has 5 heteroatoms. The van der Waals surface area contributed by atoms with Crippen molar-refractivity contribution in [3.63, 3.8) is 0 Å². The van der Waals surface area contributed by atoms with Crippen molar-refractivity contribution in [3.8, 4) is 17.2 Å². The van der Waals surface area contributed by atoms with Gasteiger partial charge in [-0.15, -0.1) is 0 Å². The van der Waals surface area contributed by atoms with E-state index in [1.807, 2.05) is 12.1 Å². The summed E-state index contributed by atoms with van der Waals surface area (Å²) in [5.74, 6) is 2.65. The zero-order valence-corrected chi connectivity index (χ0v) is 12.6. The Labute approximate surface area is 118 Å². The lowest BCUT2D eigenvalue weighted by Crippen LogP contribution is -2.16. The average molecular weight is 279 g/mol. The van der Waals surface area contributed by atoms with Crippen LogP contribution in [0.2, 0.25) is 0 Å². The zero-order chi connectivity index (χ0) is 14.7. The number of ether oxygens (including phenoxy) is 3. The molecule has 1 aromatic carbocycles. The molecule has 0 saturated carbocycles. The normalized spacial score (nSPS) is 12.4. The summed E-state index contributed by atoms with van der Waals surface area (Å²) in [5.41, 5.74) is 0.722. The summed E-state index contributed by atoms with van der Waals surface area (Å²) < 4.78 is 22.0. The summed E-state index contributed by atoms with van der Waals surface area (Å²) in [6.45, 7) is 5.00. The molecular formula is C15H21NO4. The van der Waals surface area contributed by atoms with Crippen LogP contribution in [0.25, 0.3) is 11.0 Å². The maximum atomic E-state index is 5.89. The second kappa shape index (κ2) is 6.05. The molecule has 0 bridgehead atoms. The molecule has 0 saturated heterocycles. The van der Waals surface area contributed by atoms with Crippen LogP contribution >= 0.6 is 0 Å². The fourth-order valence-electron chi connectivity index (χ4n) is 2.30. The average Bonchev–Trinajstić information content (AvgIpc) is 2.88. The SMILES string of the molecule is CCNC(C)c1cc2c(OC)c(OC)c(OC)cc2o1. The summed E-state index contributed by atoms with van der Waals surface area (Å²) in [6, 6.07) is 3.93. The van der Waals surface area contributed by atoms with Gasteiger partial charge in [-0.2, -0.15) is 0 Å². The Morgan fingerprint density at radius 1 is 1.10 bits per heavy atom. The second-order valence-electron chi connectivity index (χ2n) is 4.49. The van der Waals surface area contributed by atoms with Crippen molar-refractivity contribution in [2.24, 2.45) is 0 Å². The van der Waals surface area contributed by atoms with E-state index in [9.17, 15) is 0 Å². The van der Waals surface area contributed by atoms with Crippen molar-refractivity contribution < 1.29 is 18.6 Å². The molecule has 5 nitrogen and oxygen atoms in total. The standard InChI is InChI=1S/C15H21NO4/c1-6-16-9(2)11-7-10-12(20-11)8-13(17-3)15(19-5)14(10)18-4/h7-9,16H,6H2,1-5H3. The van der Waals surface area contributed by atoms with Crippen LogP contribution in [0.1, 0.15) is 25.6 Å². The highest BCUT2D eigenvalue weighted by Crippen LogP contribution is 2.44. The summed E-state index contributed by atoms with van der Waals surface area (Å²) in [7, 11) is 4.79. The van der Waals surface area contributed by atoms with Crippen LogP contribution in [0.15, 0.2) is 16.5 Å². The van der Waals surface area contributed by atoms with Gasteiger partial charge in [0.15, 0.2) is 11.5 Å². The van der Waals surface area contributed by atoms with Crippen molar-refractivity contribution in [1.29, 1.82) is 0 Å². The second-order valence-corrected chi connectivity index (χ2v) is 4.49. The predicted molar refractivity (Wildman–Crippen MR) is 78.0 cm³/mol. The van der Waals surface area contributed by atoms with E-state index in [4.69, 9.17) is 18.6 Å². The monoisotopic (exact) mass is 279 g/mol. The highest BCUT2D eigenvalue weighted by Gasteiger charge is 2.20. The van der Waals surface area contributed by atoms with Crippen molar-refractivity contribution in [3.05, 3.63) is 17.9 Å². The lowest BCUT2D eigenvalue weighted by atomic mass is 10.2. The molecule has 1 aromatic heterocycles. The lowest BCUT2D eigenvalue weighted by molar-refractivity contribution is 0.326. The number of hydrogen-bond acceptors (Lipinski definition) is 5. The quantitative estimate of drug-likeness (QED) is 0.880. The first-order valence-electron chi connectivity index (χ1n) is 6.62. The van der Waals surface area contributed by atoms with E-state index in [-0.39, 0.29) is 6.04 Å². The Morgan fingerprint density at radius 3 is 2.35 bits per heavy atom. The molecule has 0 fully saturated rings. The highest BCUT2D eigenvalue weighted by atomic mass is 16.5. The fourth-order valence-corrected chi connectivity index (χ4v) is 2.30. The third kappa shape index (κ3) is 2.41. The molecule has 1 unspecified atom stereocenters. The Balaban J connectivity index is 2.61. The van der Waals surface area contributed by atoms with Crippen LogP contribution in [-0.4, -0.2) is 27.9 Å². The third-order valence-electron chi connectivity index (χ3n) is 3.28. The molecule has 1 atom stereocenters. The molecule has 2 aromatic rings. The van der Waals surface area contributed by atoms with E-state index in [0.29, 0.717) is 17.2 Å². The summed E-state index contributed by atoms with van der Waals surface area (Å²) in [5, 5.41) is 4.20. The van der Waals surface area contributed by atoms with Gasteiger partial charge in [-0.3, -0.25) is 0 Å². The van der Waals surface area contributed by atoms with Gasteiger partial charge in [0.25, 0.3) is 0 Å². The minimum Gasteiger partial charge on any atom is -0.493 e. The lowest BCUT2D eigenvalue weighted by Gasteiger charge is -2.12. The third-order valence-corrected chi connectivity index (χ3v) is 3.28. The number of hydrogen-bond donors (Lipinski definition) is 1. The van der Waals surface area contributed by atoms with Crippen LogP contribution in [0.4, 0.5) is 0 Å². The molecule has 110 valence electrons. The predicted octanol–water partition coefficient (Wildman–Crippen LogP) is 3.13. The molecule has 20 heavy (non-hydrogen) atoms. The minimum atomic E-state index is 0.133. The van der Waals surface area contributed by atoms with Gasteiger partial charge in [0.2, 0.25) is 5.75 Å². The van der Waals surface area contributed by atoms with Gasteiger partial charge in [-0.1, -0.05) is 6.92 Å². The molecule has 0 spiro atoms. The first kappa shape index (κ1) is 14.5. The van der Waals surface area contributed by atoms with Crippen LogP contribution in [-0.2, 0) is 0 Å². The van der Waals surface area contributed by atoms with Gasteiger partial charge in [-0.25, -0.2) is 0 Å². The van der Waals surface area contributed by atoms with Crippen molar-refractivity contribution >= 4 is 11.0 Å². The maximum Gasteiger partial charge on any atom is 0.204 e. The van der Waals surface area contributed by atoms with Crippen LogP contribution in [0.3, 0.4) is 0 Å². The number of nitrogens with one attached hydrogen (secondary N) is 1. The van der Waals surface area contributed by atoms with Crippen LogP contribution in [0.5, 0.6) is 17.2 Å². The first-order chi connectivity index (χ1) is 9.65. The van der Waals surface area contributed by atoms with E-state index < -0.39 is 0 Å². The van der Waals surface area contributed by atoms with Gasteiger partial charge >= 0.3 is 0 Å². The fraction of sp³-hybridized carbons (Fsp3) is 0.467. The summed E-state index contributed by atoms with van der Waals surface area (Å²) >= 11 is 0. The molecule has 2 rings (SSSR count). The summed E-state index contributed by atoms with van der Waals surface area (Å²) in [6.07, 6.45) is 0. The Morgan fingerprint density at radius 2 is 1.80 bits per heavy atom. The van der Waals surface area contributed by atoms with E-state index in [1.54, 1.807) is 21.3 Å². The van der Waals surface area contributed by atoms with E-state index in [2.05, 4.69) is 19.2 Å². The molecule has 1 heterocycles. The molecule has 0 aliphatic carbocycles. The van der Waals surface area contributed by atoms with Crippen molar-refractivity contribution in [2.45, 2.75) is 19.9 Å². The highest BCUT2D eigenvalue weighted by molar-refractivity contribution is 5.90. The van der Waals surface area contributed by atoms with Gasteiger partial charge < -0.3 is 23.9 Å². The zero-order valence-electron chi connectivity index (χ0n) is 12.6. The molecular weight excluding hydrogens is 258 g/mol. The van der Waals surface area contributed by atoms with Gasteiger partial charge in [0, 0.05) is 6.07 Å².